The Labute approximate surface area is 222 Å². The zero-order valence-corrected chi connectivity index (χ0v) is 21.7. The average molecular weight is 509 g/mol. The molecule has 4 aromatic rings. The van der Waals surface area contributed by atoms with Gasteiger partial charge in [-0.25, -0.2) is 9.97 Å². The van der Waals surface area contributed by atoms with Crippen LogP contribution in [0.3, 0.4) is 0 Å². The quantitative estimate of drug-likeness (QED) is 0.366. The minimum Gasteiger partial charge on any atom is -0.437 e. The number of likely N-dealkylation sites (N-methyl/N-ethyl adjacent to an activating group) is 1. The highest BCUT2D eigenvalue weighted by atomic mass is 16.3. The van der Waals surface area contributed by atoms with Gasteiger partial charge in [0, 0.05) is 61.8 Å². The second kappa shape index (κ2) is 10.3. The molecule has 1 N–H and O–H groups in total. The number of anilines is 3. The number of hydrogen-bond donors (Lipinski definition) is 1. The third-order valence-electron chi connectivity index (χ3n) is 7.48. The fourth-order valence-electron chi connectivity index (χ4n) is 5.40. The van der Waals surface area contributed by atoms with Crippen LogP contribution in [-0.4, -0.2) is 67.1 Å². The number of nitrogens with one attached hydrogen (secondary N) is 1. The summed E-state index contributed by atoms with van der Waals surface area (Å²) in [6, 6.07) is 16.4. The minimum absolute atomic E-state index is 0.250. The molecule has 38 heavy (non-hydrogen) atoms. The normalized spacial score (nSPS) is 16.2. The minimum atomic E-state index is -0.250. The van der Waals surface area contributed by atoms with Crippen LogP contribution in [0.5, 0.6) is 0 Å². The van der Waals surface area contributed by atoms with E-state index in [0.29, 0.717) is 11.4 Å². The van der Waals surface area contributed by atoms with Crippen LogP contribution in [0.1, 0.15) is 12.8 Å². The van der Waals surface area contributed by atoms with Crippen LogP contribution in [0.2, 0.25) is 0 Å². The number of carbonyl (C=O) groups excluding carboxylic acids is 1. The molecule has 0 atom stereocenters. The van der Waals surface area contributed by atoms with Crippen molar-refractivity contribution < 1.29 is 9.21 Å². The largest absolute Gasteiger partial charge is 0.437 e. The molecule has 0 aliphatic carbocycles. The lowest BCUT2D eigenvalue weighted by atomic mass is 9.98. The van der Waals surface area contributed by atoms with Crippen LogP contribution in [0, 0.1) is 0 Å². The van der Waals surface area contributed by atoms with E-state index in [1.807, 2.05) is 24.3 Å². The third-order valence-corrected chi connectivity index (χ3v) is 7.48. The van der Waals surface area contributed by atoms with Gasteiger partial charge in [-0.05, 0) is 67.9 Å². The van der Waals surface area contributed by atoms with Crippen LogP contribution in [0.25, 0.3) is 33.6 Å². The molecular formula is C30H32N6O2. The maximum Gasteiger partial charge on any atom is 0.247 e. The number of nitrogens with zero attached hydrogens (tertiary/aromatic N) is 5. The summed E-state index contributed by atoms with van der Waals surface area (Å²) in [5, 5.41) is 3.78. The Morgan fingerprint density at radius 3 is 2.45 bits per heavy atom. The van der Waals surface area contributed by atoms with Crippen molar-refractivity contribution in [1.29, 1.82) is 0 Å². The first kappa shape index (κ1) is 24.2. The van der Waals surface area contributed by atoms with Gasteiger partial charge in [-0.3, -0.25) is 4.79 Å². The van der Waals surface area contributed by atoms with E-state index < -0.39 is 0 Å². The predicted molar refractivity (Wildman–Crippen MR) is 153 cm³/mol. The van der Waals surface area contributed by atoms with Crippen molar-refractivity contribution in [2.75, 3.05) is 61.4 Å². The number of benzene rings is 2. The van der Waals surface area contributed by atoms with Crippen molar-refractivity contribution in [1.82, 2.24) is 14.9 Å². The molecular weight excluding hydrogens is 476 g/mol. The molecule has 1 amide bonds. The zero-order chi connectivity index (χ0) is 26.1. The van der Waals surface area contributed by atoms with Crippen LogP contribution in [0.15, 0.2) is 71.9 Å². The Bertz CT molecular complexity index is 1460. The van der Waals surface area contributed by atoms with E-state index >= 15 is 0 Å². The number of carbonyl (C=O) groups is 1. The van der Waals surface area contributed by atoms with E-state index in [4.69, 9.17) is 9.40 Å². The second-order valence-electron chi connectivity index (χ2n) is 9.99. The number of rotatable bonds is 6. The predicted octanol–water partition coefficient (Wildman–Crippen LogP) is 5.03. The molecule has 0 unspecified atom stereocenters. The lowest BCUT2D eigenvalue weighted by Crippen LogP contribution is -2.44. The Morgan fingerprint density at radius 2 is 1.71 bits per heavy atom. The molecule has 8 heteroatoms. The fraction of sp³-hybridized carbons (Fsp3) is 0.300. The Hall–Kier alpha value is -4.17. The number of fused-ring (bicyclic) bond motifs is 1. The summed E-state index contributed by atoms with van der Waals surface area (Å²) in [6.07, 6.45) is 5.14. The van der Waals surface area contributed by atoms with Gasteiger partial charge >= 0.3 is 0 Å². The maximum absolute atomic E-state index is 12.0. The Morgan fingerprint density at radius 1 is 0.947 bits per heavy atom. The summed E-state index contributed by atoms with van der Waals surface area (Å²) in [5.74, 6) is 1.39. The average Bonchev–Trinajstić information content (AvgIpc) is 3.62. The molecule has 6 rings (SSSR count). The van der Waals surface area contributed by atoms with Crippen LogP contribution < -0.4 is 15.1 Å². The first-order valence-corrected chi connectivity index (χ1v) is 13.2. The molecule has 0 spiro atoms. The summed E-state index contributed by atoms with van der Waals surface area (Å²) >= 11 is 0. The van der Waals surface area contributed by atoms with Crippen molar-refractivity contribution >= 4 is 34.2 Å². The van der Waals surface area contributed by atoms with E-state index in [-0.39, 0.29) is 5.91 Å². The molecule has 0 bridgehead atoms. The summed E-state index contributed by atoms with van der Waals surface area (Å²) < 4.78 is 6.48. The highest BCUT2D eigenvalue weighted by Crippen LogP contribution is 2.44. The molecule has 2 aromatic heterocycles. The number of furan rings is 1. The van der Waals surface area contributed by atoms with Crippen LogP contribution >= 0.6 is 0 Å². The smallest absolute Gasteiger partial charge is 0.247 e. The monoisotopic (exact) mass is 508 g/mol. The summed E-state index contributed by atoms with van der Waals surface area (Å²) in [6.45, 7) is 9.65. The summed E-state index contributed by atoms with van der Waals surface area (Å²) in [5.41, 5.74) is 5.31. The number of hydrogen-bond acceptors (Lipinski definition) is 7. The highest BCUT2D eigenvalue weighted by Gasteiger charge is 2.26. The van der Waals surface area contributed by atoms with Gasteiger partial charge in [-0.1, -0.05) is 18.7 Å². The third kappa shape index (κ3) is 4.63. The van der Waals surface area contributed by atoms with Crippen molar-refractivity contribution in [3.63, 3.8) is 0 Å². The summed E-state index contributed by atoms with van der Waals surface area (Å²) in [4.78, 5) is 28.3. The van der Waals surface area contributed by atoms with Crippen molar-refractivity contribution in [2.45, 2.75) is 12.8 Å². The summed E-state index contributed by atoms with van der Waals surface area (Å²) in [7, 11) is 2.17. The molecule has 0 radical (unpaired) electrons. The van der Waals surface area contributed by atoms with E-state index in [2.05, 4.69) is 62.9 Å². The fourth-order valence-corrected chi connectivity index (χ4v) is 5.40. The maximum atomic E-state index is 12.0. The highest BCUT2D eigenvalue weighted by molar-refractivity contribution is 6.07. The molecule has 2 aliphatic rings. The number of amides is 1. The molecule has 2 aromatic carbocycles. The lowest BCUT2D eigenvalue weighted by Gasteiger charge is -2.34. The molecule has 2 fully saturated rings. The van der Waals surface area contributed by atoms with Gasteiger partial charge in [0.2, 0.25) is 11.6 Å². The number of aromatic nitrogens is 2. The molecule has 0 saturated carbocycles. The SMILES string of the molecule is C=CC(=O)Nc1cccc(-c2c(-c3ccc(N4CCN(C)CC4)cc3)oc3ncnc(N4CCCC4)c23)c1. The molecule has 4 heterocycles. The van der Waals surface area contributed by atoms with E-state index in [9.17, 15) is 4.79 Å². The molecule has 194 valence electrons. The first-order valence-electron chi connectivity index (χ1n) is 13.2. The van der Waals surface area contributed by atoms with Crippen molar-refractivity contribution in [3.8, 4) is 22.5 Å². The molecule has 2 saturated heterocycles. The van der Waals surface area contributed by atoms with Gasteiger partial charge in [0.05, 0.1) is 5.39 Å². The second-order valence-corrected chi connectivity index (χ2v) is 9.99. The Balaban J connectivity index is 1.47. The van der Waals surface area contributed by atoms with Gasteiger partial charge in [0.25, 0.3) is 0 Å². The van der Waals surface area contributed by atoms with E-state index in [1.165, 1.54) is 11.8 Å². The van der Waals surface area contributed by atoms with Gasteiger partial charge in [0.1, 0.15) is 17.9 Å². The van der Waals surface area contributed by atoms with E-state index in [0.717, 1.165) is 85.8 Å². The number of piperazine rings is 1. The first-order chi connectivity index (χ1) is 18.6. The van der Waals surface area contributed by atoms with Gasteiger partial charge < -0.3 is 24.4 Å². The van der Waals surface area contributed by atoms with Crippen molar-refractivity contribution in [2.24, 2.45) is 0 Å². The Kier molecular flexibility index (Phi) is 6.55. The zero-order valence-electron chi connectivity index (χ0n) is 21.7. The van der Waals surface area contributed by atoms with E-state index in [1.54, 1.807) is 6.33 Å². The van der Waals surface area contributed by atoms with Gasteiger partial charge in [-0.15, -0.1) is 0 Å². The standard InChI is InChI=1S/C30H32N6O2/c1-3-25(37)33-23-8-6-7-22(19-23)26-27-29(36-13-4-5-14-36)31-20-32-30(27)38-28(26)21-9-11-24(12-10-21)35-17-15-34(2)16-18-35/h3,6-12,19-20H,1,4-5,13-18H2,2H3,(H,33,37). The topological polar surface area (TPSA) is 77.7 Å². The van der Waals surface area contributed by atoms with Gasteiger partial charge in [0.15, 0.2) is 0 Å². The lowest BCUT2D eigenvalue weighted by molar-refractivity contribution is -0.111. The van der Waals surface area contributed by atoms with Crippen molar-refractivity contribution in [3.05, 3.63) is 67.5 Å². The van der Waals surface area contributed by atoms with Crippen LogP contribution in [0.4, 0.5) is 17.2 Å². The molecule has 8 nitrogen and oxygen atoms in total. The van der Waals surface area contributed by atoms with Gasteiger partial charge in [-0.2, -0.15) is 0 Å². The van der Waals surface area contributed by atoms with Crippen LogP contribution in [-0.2, 0) is 4.79 Å². The molecule has 2 aliphatic heterocycles.